The second-order valence-corrected chi connectivity index (χ2v) is 5.37. The number of benzene rings is 2. The summed E-state index contributed by atoms with van der Waals surface area (Å²) in [5.41, 5.74) is 9.27. The van der Waals surface area contributed by atoms with Crippen molar-refractivity contribution < 1.29 is 9.13 Å². The number of hydrogen-bond acceptors (Lipinski definition) is 2. The molecule has 2 aromatic carbocycles. The molecule has 2 unspecified atom stereocenters. The first-order valence-electron chi connectivity index (χ1n) is 6.89. The van der Waals surface area contributed by atoms with Crippen molar-refractivity contribution in [2.45, 2.75) is 25.3 Å². The molecule has 2 atom stereocenters. The fourth-order valence-corrected chi connectivity index (χ4v) is 2.93. The molecule has 0 aromatic heterocycles. The minimum absolute atomic E-state index is 0.168. The van der Waals surface area contributed by atoms with E-state index >= 15 is 0 Å². The molecule has 3 heteroatoms. The SMILES string of the molecule is Cc1cc(F)cc(C(N)C2CCOc3ccccc32)c1. The van der Waals surface area contributed by atoms with Crippen molar-refractivity contribution in [3.63, 3.8) is 0 Å². The molecule has 0 saturated carbocycles. The quantitative estimate of drug-likeness (QED) is 0.904. The van der Waals surface area contributed by atoms with Crippen LogP contribution in [0.1, 0.15) is 35.1 Å². The van der Waals surface area contributed by atoms with Crippen LogP contribution in [-0.4, -0.2) is 6.61 Å². The molecular weight excluding hydrogens is 253 g/mol. The van der Waals surface area contributed by atoms with Gasteiger partial charge in [-0.15, -0.1) is 0 Å². The first kappa shape index (κ1) is 13.1. The van der Waals surface area contributed by atoms with Gasteiger partial charge in [-0.05, 0) is 48.2 Å². The van der Waals surface area contributed by atoms with E-state index in [0.717, 1.165) is 28.9 Å². The molecule has 2 aromatic rings. The Kier molecular flexibility index (Phi) is 3.45. The molecule has 0 radical (unpaired) electrons. The number of ether oxygens (including phenoxy) is 1. The number of halogens is 1. The normalized spacial score (nSPS) is 19.1. The maximum Gasteiger partial charge on any atom is 0.123 e. The summed E-state index contributed by atoms with van der Waals surface area (Å²) < 4.78 is 19.2. The van der Waals surface area contributed by atoms with Gasteiger partial charge in [0.05, 0.1) is 6.61 Å². The third kappa shape index (κ3) is 2.41. The summed E-state index contributed by atoms with van der Waals surface area (Å²) in [6.07, 6.45) is 0.855. The van der Waals surface area contributed by atoms with Crippen LogP contribution in [0.15, 0.2) is 42.5 Å². The van der Waals surface area contributed by atoms with Crippen molar-refractivity contribution in [2.24, 2.45) is 5.73 Å². The average molecular weight is 271 g/mol. The van der Waals surface area contributed by atoms with Crippen molar-refractivity contribution >= 4 is 0 Å². The van der Waals surface area contributed by atoms with E-state index in [2.05, 4.69) is 0 Å². The molecule has 0 bridgehead atoms. The molecule has 1 aliphatic rings. The maximum atomic E-state index is 13.6. The lowest BCUT2D eigenvalue weighted by molar-refractivity contribution is 0.255. The van der Waals surface area contributed by atoms with E-state index in [1.54, 1.807) is 0 Å². The summed E-state index contributed by atoms with van der Waals surface area (Å²) in [4.78, 5) is 0. The molecule has 1 aliphatic heterocycles. The summed E-state index contributed by atoms with van der Waals surface area (Å²) in [6.45, 7) is 2.54. The molecule has 0 amide bonds. The molecule has 2 N–H and O–H groups in total. The largest absolute Gasteiger partial charge is 0.493 e. The predicted octanol–water partition coefficient (Wildman–Crippen LogP) is 3.70. The zero-order valence-electron chi connectivity index (χ0n) is 11.5. The van der Waals surface area contributed by atoms with Gasteiger partial charge in [0.25, 0.3) is 0 Å². The van der Waals surface area contributed by atoms with Gasteiger partial charge >= 0.3 is 0 Å². The Morgan fingerprint density at radius 3 is 2.85 bits per heavy atom. The molecule has 2 nitrogen and oxygen atoms in total. The molecular formula is C17H18FNO. The molecule has 20 heavy (non-hydrogen) atoms. The van der Waals surface area contributed by atoms with Crippen molar-refractivity contribution in [1.82, 2.24) is 0 Å². The Morgan fingerprint density at radius 2 is 2.05 bits per heavy atom. The highest BCUT2D eigenvalue weighted by Crippen LogP contribution is 2.40. The van der Waals surface area contributed by atoms with Crippen molar-refractivity contribution in [2.75, 3.05) is 6.61 Å². The molecule has 0 fully saturated rings. The van der Waals surface area contributed by atoms with Crippen LogP contribution in [0.25, 0.3) is 0 Å². The number of hydrogen-bond donors (Lipinski definition) is 1. The minimum Gasteiger partial charge on any atom is -0.493 e. The van der Waals surface area contributed by atoms with Crippen LogP contribution < -0.4 is 10.5 Å². The molecule has 104 valence electrons. The van der Waals surface area contributed by atoms with Gasteiger partial charge in [0, 0.05) is 12.0 Å². The van der Waals surface area contributed by atoms with Gasteiger partial charge in [-0.25, -0.2) is 4.39 Å². The molecule has 3 rings (SSSR count). The molecule has 0 spiro atoms. The lowest BCUT2D eigenvalue weighted by Gasteiger charge is -2.30. The highest BCUT2D eigenvalue weighted by molar-refractivity contribution is 5.40. The second kappa shape index (κ2) is 5.25. The first-order chi connectivity index (χ1) is 9.65. The Hall–Kier alpha value is -1.87. The Bertz CT molecular complexity index is 606. The van der Waals surface area contributed by atoms with E-state index in [1.807, 2.05) is 37.3 Å². The second-order valence-electron chi connectivity index (χ2n) is 5.37. The molecule has 1 heterocycles. The third-order valence-corrected chi connectivity index (χ3v) is 3.89. The van der Waals surface area contributed by atoms with Crippen molar-refractivity contribution in [3.05, 3.63) is 65.0 Å². The summed E-state index contributed by atoms with van der Waals surface area (Å²) in [6, 6.07) is 12.8. The highest BCUT2D eigenvalue weighted by Gasteiger charge is 2.27. The maximum absolute atomic E-state index is 13.6. The predicted molar refractivity (Wildman–Crippen MR) is 77.4 cm³/mol. The topological polar surface area (TPSA) is 35.2 Å². The Balaban J connectivity index is 1.97. The number of nitrogens with two attached hydrogens (primary N) is 1. The van der Waals surface area contributed by atoms with Crippen LogP contribution in [0.2, 0.25) is 0 Å². The fraction of sp³-hybridized carbons (Fsp3) is 0.294. The number of fused-ring (bicyclic) bond motifs is 1. The van der Waals surface area contributed by atoms with Crippen LogP contribution >= 0.6 is 0 Å². The third-order valence-electron chi connectivity index (χ3n) is 3.89. The molecule has 0 aliphatic carbocycles. The smallest absolute Gasteiger partial charge is 0.123 e. The van der Waals surface area contributed by atoms with E-state index in [-0.39, 0.29) is 17.8 Å². The van der Waals surface area contributed by atoms with Crippen molar-refractivity contribution in [3.8, 4) is 5.75 Å². The number of aryl methyl sites for hydroxylation is 1. The Labute approximate surface area is 118 Å². The summed E-state index contributed by atoms with van der Waals surface area (Å²) in [5.74, 6) is 0.837. The van der Waals surface area contributed by atoms with E-state index in [4.69, 9.17) is 10.5 Å². The number of para-hydroxylation sites is 1. The standard InChI is InChI=1S/C17H18FNO/c1-11-8-12(10-13(18)9-11)17(19)15-6-7-20-16-5-3-2-4-14(15)16/h2-5,8-10,15,17H,6-7,19H2,1H3. The number of rotatable bonds is 2. The van der Waals surface area contributed by atoms with E-state index in [0.29, 0.717) is 6.61 Å². The zero-order valence-corrected chi connectivity index (χ0v) is 11.5. The van der Waals surface area contributed by atoms with E-state index in [9.17, 15) is 4.39 Å². The van der Waals surface area contributed by atoms with Gasteiger partial charge in [-0.1, -0.05) is 24.3 Å². The fourth-order valence-electron chi connectivity index (χ4n) is 2.93. The highest BCUT2D eigenvalue weighted by atomic mass is 19.1. The van der Waals surface area contributed by atoms with Gasteiger partial charge in [0.1, 0.15) is 11.6 Å². The van der Waals surface area contributed by atoms with Crippen LogP contribution in [-0.2, 0) is 0 Å². The van der Waals surface area contributed by atoms with Crippen LogP contribution in [0.4, 0.5) is 4.39 Å². The van der Waals surface area contributed by atoms with E-state index < -0.39 is 0 Å². The van der Waals surface area contributed by atoms with Crippen LogP contribution in [0.5, 0.6) is 5.75 Å². The van der Waals surface area contributed by atoms with Crippen LogP contribution in [0, 0.1) is 12.7 Å². The first-order valence-corrected chi connectivity index (χ1v) is 6.89. The lowest BCUT2D eigenvalue weighted by Crippen LogP contribution is -2.25. The molecule has 0 saturated heterocycles. The van der Waals surface area contributed by atoms with Gasteiger partial charge < -0.3 is 10.5 Å². The zero-order chi connectivity index (χ0) is 14.1. The summed E-state index contributed by atoms with van der Waals surface area (Å²) >= 11 is 0. The lowest BCUT2D eigenvalue weighted by atomic mass is 9.83. The average Bonchev–Trinajstić information content (AvgIpc) is 2.45. The summed E-state index contributed by atoms with van der Waals surface area (Å²) in [5, 5.41) is 0. The van der Waals surface area contributed by atoms with Gasteiger partial charge in [0.15, 0.2) is 0 Å². The Morgan fingerprint density at radius 1 is 1.25 bits per heavy atom. The minimum atomic E-state index is -0.226. The van der Waals surface area contributed by atoms with Crippen molar-refractivity contribution in [1.29, 1.82) is 0 Å². The van der Waals surface area contributed by atoms with Gasteiger partial charge in [-0.2, -0.15) is 0 Å². The monoisotopic (exact) mass is 271 g/mol. The van der Waals surface area contributed by atoms with Crippen LogP contribution in [0.3, 0.4) is 0 Å². The summed E-state index contributed by atoms with van der Waals surface area (Å²) in [7, 11) is 0. The van der Waals surface area contributed by atoms with E-state index in [1.165, 1.54) is 12.1 Å². The van der Waals surface area contributed by atoms with Gasteiger partial charge in [0.2, 0.25) is 0 Å². The van der Waals surface area contributed by atoms with Gasteiger partial charge in [-0.3, -0.25) is 0 Å².